The van der Waals surface area contributed by atoms with Crippen LogP contribution in [0.3, 0.4) is 0 Å². The van der Waals surface area contributed by atoms with Gasteiger partial charge in [-0.15, -0.1) is 11.3 Å². The van der Waals surface area contributed by atoms with E-state index in [4.69, 9.17) is 4.42 Å². The van der Waals surface area contributed by atoms with Crippen LogP contribution < -0.4 is 5.32 Å². The smallest absolute Gasteiger partial charge is 0.272 e. The number of aromatic nitrogens is 3. The maximum Gasteiger partial charge on any atom is 0.272 e. The predicted octanol–water partition coefficient (Wildman–Crippen LogP) is 2.93. The minimum absolute atomic E-state index is 0.266. The van der Waals surface area contributed by atoms with Crippen LogP contribution in [0.5, 0.6) is 0 Å². The number of aryl methyl sites for hydroxylation is 1. The number of hydrogen-bond donors (Lipinski definition) is 2. The van der Waals surface area contributed by atoms with Gasteiger partial charge in [-0.25, -0.2) is 4.98 Å². The highest BCUT2D eigenvalue weighted by molar-refractivity contribution is 7.13. The monoisotopic (exact) mass is 302 g/mol. The molecule has 0 spiro atoms. The van der Waals surface area contributed by atoms with Crippen LogP contribution >= 0.6 is 11.3 Å². The Morgan fingerprint density at radius 3 is 3.05 bits per heavy atom. The minimum Gasteiger partial charge on any atom is -0.444 e. The Morgan fingerprint density at radius 2 is 2.38 bits per heavy atom. The lowest BCUT2D eigenvalue weighted by Crippen LogP contribution is -2.27. The van der Waals surface area contributed by atoms with Crippen molar-refractivity contribution in [2.75, 3.05) is 0 Å². The normalized spacial score (nSPS) is 12.3. The molecule has 3 aromatic rings. The molecule has 0 aliphatic rings. The van der Waals surface area contributed by atoms with E-state index in [0.29, 0.717) is 17.3 Å². The first kappa shape index (κ1) is 13.6. The van der Waals surface area contributed by atoms with Gasteiger partial charge in [-0.2, -0.15) is 5.10 Å². The van der Waals surface area contributed by atoms with Crippen molar-refractivity contribution in [3.63, 3.8) is 0 Å². The van der Waals surface area contributed by atoms with E-state index in [1.54, 1.807) is 23.6 Å². The predicted molar refractivity (Wildman–Crippen MR) is 79.0 cm³/mol. The molecule has 1 amide bonds. The molecule has 1 unspecified atom stereocenters. The fraction of sp³-hybridized carbons (Fsp3) is 0.214. The van der Waals surface area contributed by atoms with Crippen LogP contribution in [-0.4, -0.2) is 21.1 Å². The molecule has 0 fully saturated rings. The standard InChI is InChI=1S/C14H14N4O2S/c1-8-7-15-14(20-8)9(2)16-13(19)11-6-10(17-18-11)12-4-3-5-21-12/h3-7,9H,1-2H3,(H,16,19)(H,17,18). The highest BCUT2D eigenvalue weighted by Crippen LogP contribution is 2.23. The molecule has 0 saturated heterocycles. The second-order valence-electron chi connectivity index (χ2n) is 4.65. The van der Waals surface area contributed by atoms with E-state index in [1.165, 1.54) is 0 Å². The van der Waals surface area contributed by atoms with Gasteiger partial charge in [-0.1, -0.05) is 6.07 Å². The van der Waals surface area contributed by atoms with Crippen LogP contribution in [0.1, 0.15) is 35.1 Å². The van der Waals surface area contributed by atoms with Crippen molar-refractivity contribution in [3.8, 4) is 10.6 Å². The molecule has 0 aromatic carbocycles. The van der Waals surface area contributed by atoms with Gasteiger partial charge < -0.3 is 9.73 Å². The summed E-state index contributed by atoms with van der Waals surface area (Å²) in [6.07, 6.45) is 1.63. The quantitative estimate of drug-likeness (QED) is 0.776. The Morgan fingerprint density at radius 1 is 1.52 bits per heavy atom. The number of amides is 1. The number of rotatable bonds is 4. The van der Waals surface area contributed by atoms with Gasteiger partial charge in [-0.05, 0) is 31.4 Å². The van der Waals surface area contributed by atoms with E-state index in [0.717, 1.165) is 10.6 Å². The van der Waals surface area contributed by atoms with Gasteiger partial charge in [0.15, 0.2) is 5.69 Å². The van der Waals surface area contributed by atoms with E-state index in [2.05, 4.69) is 20.5 Å². The van der Waals surface area contributed by atoms with E-state index in [1.807, 2.05) is 31.4 Å². The Balaban J connectivity index is 1.71. The fourth-order valence-electron chi connectivity index (χ4n) is 1.90. The van der Waals surface area contributed by atoms with Gasteiger partial charge in [-0.3, -0.25) is 9.89 Å². The molecule has 108 valence electrons. The van der Waals surface area contributed by atoms with Crippen LogP contribution in [0.25, 0.3) is 10.6 Å². The van der Waals surface area contributed by atoms with Crippen molar-refractivity contribution in [1.29, 1.82) is 0 Å². The summed E-state index contributed by atoms with van der Waals surface area (Å²) in [6, 6.07) is 5.34. The number of carbonyl (C=O) groups excluding carboxylic acids is 1. The summed E-state index contributed by atoms with van der Waals surface area (Å²) < 4.78 is 5.39. The molecule has 0 aliphatic heterocycles. The van der Waals surface area contributed by atoms with Gasteiger partial charge >= 0.3 is 0 Å². The summed E-state index contributed by atoms with van der Waals surface area (Å²) in [6.45, 7) is 3.63. The third kappa shape index (κ3) is 2.87. The van der Waals surface area contributed by atoms with E-state index < -0.39 is 0 Å². The van der Waals surface area contributed by atoms with Gasteiger partial charge in [0, 0.05) is 0 Å². The molecule has 3 aromatic heterocycles. The highest BCUT2D eigenvalue weighted by Gasteiger charge is 2.18. The van der Waals surface area contributed by atoms with Crippen LogP contribution in [0.4, 0.5) is 0 Å². The molecule has 3 heterocycles. The first-order chi connectivity index (χ1) is 10.1. The topological polar surface area (TPSA) is 83.8 Å². The summed E-state index contributed by atoms with van der Waals surface area (Å²) >= 11 is 1.59. The van der Waals surface area contributed by atoms with Gasteiger partial charge in [0.25, 0.3) is 5.91 Å². The lowest BCUT2D eigenvalue weighted by atomic mass is 10.2. The zero-order chi connectivity index (χ0) is 14.8. The third-order valence-electron chi connectivity index (χ3n) is 2.95. The number of thiophene rings is 1. The summed E-state index contributed by atoms with van der Waals surface area (Å²) in [5.41, 5.74) is 1.17. The zero-order valence-electron chi connectivity index (χ0n) is 11.6. The maximum atomic E-state index is 12.2. The number of nitrogens with zero attached hydrogens (tertiary/aromatic N) is 2. The number of aromatic amines is 1. The second kappa shape index (κ2) is 5.53. The Bertz CT molecular complexity index is 745. The number of hydrogen-bond acceptors (Lipinski definition) is 5. The number of nitrogens with one attached hydrogen (secondary N) is 2. The van der Waals surface area contributed by atoms with E-state index >= 15 is 0 Å². The molecule has 7 heteroatoms. The van der Waals surface area contributed by atoms with Crippen LogP contribution in [-0.2, 0) is 0 Å². The second-order valence-corrected chi connectivity index (χ2v) is 5.60. The first-order valence-corrected chi connectivity index (χ1v) is 7.34. The molecule has 0 saturated carbocycles. The molecular formula is C14H14N4O2S. The lowest BCUT2D eigenvalue weighted by Gasteiger charge is -2.08. The number of carbonyl (C=O) groups is 1. The maximum absolute atomic E-state index is 12.2. The summed E-state index contributed by atoms with van der Waals surface area (Å²) in [5.74, 6) is 0.929. The SMILES string of the molecule is Cc1cnc(C(C)NC(=O)c2cc(-c3cccs3)[nH]n2)o1. The van der Waals surface area contributed by atoms with Crippen LogP contribution in [0, 0.1) is 6.92 Å². The largest absolute Gasteiger partial charge is 0.444 e. The van der Waals surface area contributed by atoms with Gasteiger partial charge in [0.2, 0.25) is 5.89 Å². The summed E-state index contributed by atoms with van der Waals surface area (Å²) in [7, 11) is 0. The van der Waals surface area contributed by atoms with Crippen molar-refractivity contribution < 1.29 is 9.21 Å². The van der Waals surface area contributed by atoms with Crippen molar-refractivity contribution in [1.82, 2.24) is 20.5 Å². The molecule has 21 heavy (non-hydrogen) atoms. The number of oxazole rings is 1. The molecule has 0 aliphatic carbocycles. The summed E-state index contributed by atoms with van der Waals surface area (Å²) in [5, 5.41) is 11.7. The molecule has 3 rings (SSSR count). The van der Waals surface area contributed by atoms with Crippen LogP contribution in [0.2, 0.25) is 0 Å². The Hall–Kier alpha value is -2.41. The molecule has 2 N–H and O–H groups in total. The van der Waals surface area contributed by atoms with Crippen molar-refractivity contribution in [3.05, 3.63) is 47.1 Å². The third-order valence-corrected chi connectivity index (χ3v) is 3.86. The van der Waals surface area contributed by atoms with E-state index in [9.17, 15) is 4.79 Å². The molecule has 6 nitrogen and oxygen atoms in total. The highest BCUT2D eigenvalue weighted by atomic mass is 32.1. The first-order valence-electron chi connectivity index (χ1n) is 6.46. The summed E-state index contributed by atoms with van der Waals surface area (Å²) in [4.78, 5) is 17.3. The molecular weight excluding hydrogens is 288 g/mol. The fourth-order valence-corrected chi connectivity index (χ4v) is 2.59. The van der Waals surface area contributed by atoms with Gasteiger partial charge in [0.1, 0.15) is 11.8 Å². The zero-order valence-corrected chi connectivity index (χ0v) is 12.4. The van der Waals surface area contributed by atoms with Crippen molar-refractivity contribution >= 4 is 17.2 Å². The average molecular weight is 302 g/mol. The minimum atomic E-state index is -0.312. The van der Waals surface area contributed by atoms with Gasteiger partial charge in [0.05, 0.1) is 16.8 Å². The van der Waals surface area contributed by atoms with E-state index in [-0.39, 0.29) is 11.9 Å². The van der Waals surface area contributed by atoms with Crippen LogP contribution in [0.15, 0.2) is 34.2 Å². The Labute approximate surface area is 125 Å². The average Bonchev–Trinajstić information content (AvgIpc) is 3.19. The Kier molecular flexibility index (Phi) is 3.57. The lowest BCUT2D eigenvalue weighted by molar-refractivity contribution is 0.0929. The van der Waals surface area contributed by atoms with Crippen molar-refractivity contribution in [2.24, 2.45) is 0 Å². The molecule has 0 bridgehead atoms. The number of H-pyrrole nitrogens is 1. The molecule has 0 radical (unpaired) electrons. The van der Waals surface area contributed by atoms with Crippen molar-refractivity contribution in [2.45, 2.75) is 19.9 Å². The molecule has 1 atom stereocenters.